The van der Waals surface area contributed by atoms with Gasteiger partial charge in [0.15, 0.2) is 5.96 Å². The summed E-state index contributed by atoms with van der Waals surface area (Å²) in [5, 5.41) is 0. The SMILES string of the molecule is CCOCC1(C)CN=C(N)N1c1cccc(F)c1. The number of nitrogens with zero attached hydrogens (tertiary/aromatic N) is 2. The van der Waals surface area contributed by atoms with Crippen LogP contribution in [0, 0.1) is 5.82 Å². The van der Waals surface area contributed by atoms with Gasteiger partial charge in [-0.1, -0.05) is 6.07 Å². The van der Waals surface area contributed by atoms with E-state index in [-0.39, 0.29) is 11.4 Å². The van der Waals surface area contributed by atoms with Crippen LogP contribution in [0.5, 0.6) is 0 Å². The number of nitrogens with two attached hydrogens (primary N) is 1. The average molecular weight is 251 g/mol. The first-order valence-electron chi connectivity index (χ1n) is 6.00. The molecule has 0 aromatic heterocycles. The maximum atomic E-state index is 13.3. The molecule has 18 heavy (non-hydrogen) atoms. The Morgan fingerprint density at radius 2 is 2.33 bits per heavy atom. The normalized spacial score (nSPS) is 23.3. The van der Waals surface area contributed by atoms with E-state index in [9.17, 15) is 4.39 Å². The molecule has 4 nitrogen and oxygen atoms in total. The Hall–Kier alpha value is -1.62. The molecule has 1 unspecified atom stereocenters. The van der Waals surface area contributed by atoms with Gasteiger partial charge in [0.1, 0.15) is 5.82 Å². The number of aliphatic imine (C=N–C) groups is 1. The molecule has 0 spiro atoms. The third kappa shape index (κ3) is 2.31. The fourth-order valence-corrected chi connectivity index (χ4v) is 2.16. The zero-order valence-electron chi connectivity index (χ0n) is 10.7. The summed E-state index contributed by atoms with van der Waals surface area (Å²) < 4.78 is 18.8. The zero-order chi connectivity index (χ0) is 13.2. The van der Waals surface area contributed by atoms with Crippen LogP contribution in [0.3, 0.4) is 0 Å². The summed E-state index contributed by atoms with van der Waals surface area (Å²) in [5.41, 5.74) is 6.26. The van der Waals surface area contributed by atoms with Gasteiger partial charge in [-0.15, -0.1) is 0 Å². The van der Waals surface area contributed by atoms with Crippen LogP contribution in [-0.4, -0.2) is 31.3 Å². The van der Waals surface area contributed by atoms with Crippen LogP contribution in [0.25, 0.3) is 0 Å². The summed E-state index contributed by atoms with van der Waals surface area (Å²) in [5.74, 6) is 0.119. The van der Waals surface area contributed by atoms with Crippen molar-refractivity contribution in [1.82, 2.24) is 0 Å². The highest BCUT2D eigenvalue weighted by Gasteiger charge is 2.39. The summed E-state index contributed by atoms with van der Waals surface area (Å²) in [6.45, 7) is 5.64. The molecule has 2 N–H and O–H groups in total. The number of hydrogen-bond acceptors (Lipinski definition) is 4. The van der Waals surface area contributed by atoms with Crippen molar-refractivity contribution in [1.29, 1.82) is 0 Å². The predicted molar refractivity (Wildman–Crippen MR) is 70.3 cm³/mol. The van der Waals surface area contributed by atoms with Gasteiger partial charge in [0.25, 0.3) is 0 Å². The molecule has 1 aliphatic rings. The van der Waals surface area contributed by atoms with Crippen molar-refractivity contribution < 1.29 is 9.13 Å². The Labute approximate surface area is 106 Å². The highest BCUT2D eigenvalue weighted by atomic mass is 19.1. The summed E-state index contributed by atoms with van der Waals surface area (Å²) in [4.78, 5) is 6.09. The molecule has 0 bridgehead atoms. The zero-order valence-corrected chi connectivity index (χ0v) is 10.7. The van der Waals surface area contributed by atoms with Crippen molar-refractivity contribution in [2.24, 2.45) is 10.7 Å². The van der Waals surface area contributed by atoms with Gasteiger partial charge >= 0.3 is 0 Å². The van der Waals surface area contributed by atoms with E-state index in [0.29, 0.717) is 31.4 Å². The Bertz CT molecular complexity index is 463. The van der Waals surface area contributed by atoms with Crippen LogP contribution in [0.2, 0.25) is 0 Å². The molecule has 0 saturated heterocycles. The molecule has 0 aliphatic carbocycles. The van der Waals surface area contributed by atoms with Crippen molar-refractivity contribution in [2.45, 2.75) is 19.4 Å². The summed E-state index contributed by atoms with van der Waals surface area (Å²) in [6.07, 6.45) is 0. The lowest BCUT2D eigenvalue weighted by molar-refractivity contribution is 0.108. The molecule has 0 fully saturated rings. The van der Waals surface area contributed by atoms with Crippen LogP contribution < -0.4 is 10.6 Å². The minimum absolute atomic E-state index is 0.286. The molecular weight excluding hydrogens is 233 g/mol. The van der Waals surface area contributed by atoms with Crippen LogP contribution in [0.1, 0.15) is 13.8 Å². The average Bonchev–Trinajstić information content (AvgIpc) is 2.63. The van der Waals surface area contributed by atoms with Gasteiger partial charge in [-0.2, -0.15) is 0 Å². The minimum atomic E-state index is -0.353. The number of ether oxygens (including phenoxy) is 1. The molecule has 1 heterocycles. The van der Waals surface area contributed by atoms with Crippen molar-refractivity contribution >= 4 is 11.6 Å². The molecule has 2 rings (SSSR count). The molecule has 1 aromatic rings. The summed E-state index contributed by atoms with van der Waals surface area (Å²) >= 11 is 0. The van der Waals surface area contributed by atoms with Crippen LogP contribution in [0.4, 0.5) is 10.1 Å². The van der Waals surface area contributed by atoms with Crippen LogP contribution >= 0.6 is 0 Å². The van der Waals surface area contributed by atoms with E-state index in [2.05, 4.69) is 4.99 Å². The van der Waals surface area contributed by atoms with Gasteiger partial charge in [-0.05, 0) is 32.0 Å². The van der Waals surface area contributed by atoms with Crippen LogP contribution in [0.15, 0.2) is 29.3 Å². The van der Waals surface area contributed by atoms with Crippen molar-refractivity contribution in [3.8, 4) is 0 Å². The van der Waals surface area contributed by atoms with E-state index in [0.717, 1.165) is 0 Å². The monoisotopic (exact) mass is 251 g/mol. The number of benzene rings is 1. The van der Waals surface area contributed by atoms with Gasteiger partial charge in [0.2, 0.25) is 0 Å². The maximum absolute atomic E-state index is 13.3. The molecular formula is C13H18FN3O. The first kappa shape index (κ1) is 12.8. The number of anilines is 1. The van der Waals surface area contributed by atoms with Gasteiger partial charge in [-0.25, -0.2) is 4.39 Å². The van der Waals surface area contributed by atoms with Gasteiger partial charge in [0, 0.05) is 12.3 Å². The molecule has 1 aromatic carbocycles. The predicted octanol–water partition coefficient (Wildman–Crippen LogP) is 1.76. The molecule has 0 radical (unpaired) electrons. The molecule has 1 atom stereocenters. The standard InChI is InChI=1S/C13H18FN3O/c1-3-18-9-13(2)8-16-12(15)17(13)11-6-4-5-10(14)7-11/h4-7H,3,8-9H2,1-2H3,(H2,15,16). The quantitative estimate of drug-likeness (QED) is 0.887. The second-order valence-electron chi connectivity index (χ2n) is 4.62. The first-order valence-corrected chi connectivity index (χ1v) is 6.00. The lowest BCUT2D eigenvalue weighted by atomic mass is 10.0. The molecule has 1 aliphatic heterocycles. The first-order chi connectivity index (χ1) is 8.57. The van der Waals surface area contributed by atoms with E-state index in [4.69, 9.17) is 10.5 Å². The molecule has 0 saturated carbocycles. The van der Waals surface area contributed by atoms with Gasteiger partial charge in [0.05, 0.1) is 18.7 Å². The third-order valence-electron chi connectivity index (χ3n) is 3.03. The summed E-state index contributed by atoms with van der Waals surface area (Å²) in [7, 11) is 0. The van der Waals surface area contributed by atoms with E-state index in [1.807, 2.05) is 24.8 Å². The Kier molecular flexibility index (Phi) is 3.52. The Morgan fingerprint density at radius 1 is 1.56 bits per heavy atom. The highest BCUT2D eigenvalue weighted by Crippen LogP contribution is 2.29. The number of rotatable bonds is 4. The Balaban J connectivity index is 2.30. The van der Waals surface area contributed by atoms with Gasteiger partial charge < -0.3 is 15.4 Å². The van der Waals surface area contributed by atoms with Crippen molar-refractivity contribution in [3.05, 3.63) is 30.1 Å². The van der Waals surface area contributed by atoms with Crippen LogP contribution in [-0.2, 0) is 4.74 Å². The minimum Gasteiger partial charge on any atom is -0.379 e. The summed E-state index contributed by atoms with van der Waals surface area (Å²) in [6, 6.07) is 6.35. The lowest BCUT2D eigenvalue weighted by Crippen LogP contribution is -2.53. The number of halogens is 1. The molecule has 0 amide bonds. The van der Waals surface area contributed by atoms with E-state index >= 15 is 0 Å². The topological polar surface area (TPSA) is 50.9 Å². The van der Waals surface area contributed by atoms with E-state index in [1.165, 1.54) is 12.1 Å². The Morgan fingerprint density at radius 3 is 3.00 bits per heavy atom. The molecule has 98 valence electrons. The second kappa shape index (κ2) is 4.94. The van der Waals surface area contributed by atoms with Gasteiger partial charge in [-0.3, -0.25) is 4.99 Å². The maximum Gasteiger partial charge on any atom is 0.196 e. The van der Waals surface area contributed by atoms with Crippen molar-refractivity contribution in [2.75, 3.05) is 24.7 Å². The largest absolute Gasteiger partial charge is 0.379 e. The highest BCUT2D eigenvalue weighted by molar-refractivity contribution is 5.98. The van der Waals surface area contributed by atoms with E-state index in [1.54, 1.807) is 6.07 Å². The smallest absolute Gasteiger partial charge is 0.196 e. The number of guanidine groups is 1. The molecule has 5 heteroatoms. The van der Waals surface area contributed by atoms with Crippen molar-refractivity contribution in [3.63, 3.8) is 0 Å². The van der Waals surface area contributed by atoms with E-state index < -0.39 is 0 Å². The third-order valence-corrected chi connectivity index (χ3v) is 3.03. The fraction of sp³-hybridized carbons (Fsp3) is 0.462. The number of hydrogen-bond donors (Lipinski definition) is 1. The second-order valence-corrected chi connectivity index (χ2v) is 4.62. The fourth-order valence-electron chi connectivity index (χ4n) is 2.16. The lowest BCUT2D eigenvalue weighted by Gasteiger charge is -2.35.